The Kier molecular flexibility index (Phi) is 4.43. The fourth-order valence-electron chi connectivity index (χ4n) is 1.68. The highest BCUT2D eigenvalue weighted by atomic mass is 35.5. The van der Waals surface area contributed by atoms with Gasteiger partial charge in [0.25, 0.3) is 0 Å². The van der Waals surface area contributed by atoms with Crippen LogP contribution in [0.3, 0.4) is 0 Å². The summed E-state index contributed by atoms with van der Waals surface area (Å²) in [5.74, 6) is 1.87. The molecule has 0 aliphatic rings. The average molecular weight is 281 g/mol. The van der Waals surface area contributed by atoms with Crippen molar-refractivity contribution in [1.82, 2.24) is 10.1 Å². The zero-order valence-electron chi connectivity index (χ0n) is 11.3. The molecule has 102 valence electrons. The average Bonchev–Trinajstić information content (AvgIpc) is 2.80. The Bertz CT molecular complexity index is 552. The van der Waals surface area contributed by atoms with Crippen molar-refractivity contribution in [2.75, 3.05) is 0 Å². The van der Waals surface area contributed by atoms with Crippen LogP contribution in [0.2, 0.25) is 5.02 Å². The Balaban J connectivity index is 2.22. The number of ether oxygens (including phenoxy) is 1. The number of nitrogens with zero attached hydrogens (tertiary/aromatic N) is 2. The monoisotopic (exact) mass is 280 g/mol. The van der Waals surface area contributed by atoms with E-state index in [4.69, 9.17) is 20.9 Å². The van der Waals surface area contributed by atoms with Gasteiger partial charge in [-0.05, 0) is 38.5 Å². The van der Waals surface area contributed by atoms with E-state index in [0.717, 1.165) is 18.4 Å². The minimum atomic E-state index is 0.0877. The van der Waals surface area contributed by atoms with Gasteiger partial charge in [-0.3, -0.25) is 0 Å². The van der Waals surface area contributed by atoms with Crippen LogP contribution in [0.15, 0.2) is 22.7 Å². The minimum Gasteiger partial charge on any atom is -0.489 e. The highest BCUT2D eigenvalue weighted by molar-refractivity contribution is 6.32. The second-order valence-corrected chi connectivity index (χ2v) is 4.98. The molecule has 5 heteroatoms. The molecule has 1 aromatic carbocycles. The van der Waals surface area contributed by atoms with Crippen LogP contribution in [0.5, 0.6) is 5.75 Å². The molecule has 2 aromatic rings. The summed E-state index contributed by atoms with van der Waals surface area (Å²) >= 11 is 6.18. The van der Waals surface area contributed by atoms with E-state index in [-0.39, 0.29) is 6.10 Å². The van der Waals surface area contributed by atoms with Crippen molar-refractivity contribution in [3.05, 3.63) is 29.1 Å². The van der Waals surface area contributed by atoms with Gasteiger partial charge in [-0.1, -0.05) is 23.7 Å². The Morgan fingerprint density at radius 2 is 2.16 bits per heavy atom. The smallest absolute Gasteiger partial charge is 0.226 e. The number of aromatic nitrogens is 2. The molecule has 1 aromatic heterocycles. The standard InChI is InChI=1S/C14H17ClN2O2/c1-4-5-13-16-14(17-19-13)10-6-7-12(11(15)8-10)18-9(2)3/h6-9H,4-5H2,1-3H3. The third-order valence-electron chi connectivity index (χ3n) is 2.48. The third-order valence-corrected chi connectivity index (χ3v) is 2.78. The van der Waals surface area contributed by atoms with E-state index in [1.54, 1.807) is 6.07 Å². The van der Waals surface area contributed by atoms with Gasteiger partial charge in [0.15, 0.2) is 0 Å². The molecule has 0 aliphatic carbocycles. The first kappa shape index (κ1) is 13.9. The van der Waals surface area contributed by atoms with E-state index in [2.05, 4.69) is 17.1 Å². The number of hydrogen-bond donors (Lipinski definition) is 0. The number of hydrogen-bond acceptors (Lipinski definition) is 4. The maximum Gasteiger partial charge on any atom is 0.226 e. The number of aryl methyl sites for hydroxylation is 1. The fourth-order valence-corrected chi connectivity index (χ4v) is 1.90. The van der Waals surface area contributed by atoms with Gasteiger partial charge >= 0.3 is 0 Å². The molecule has 0 aliphatic heterocycles. The van der Waals surface area contributed by atoms with Crippen LogP contribution in [-0.2, 0) is 6.42 Å². The molecule has 0 saturated heterocycles. The highest BCUT2D eigenvalue weighted by Crippen LogP contribution is 2.30. The first-order valence-corrected chi connectivity index (χ1v) is 6.77. The van der Waals surface area contributed by atoms with Crippen molar-refractivity contribution in [3.8, 4) is 17.1 Å². The lowest BCUT2D eigenvalue weighted by atomic mass is 10.2. The van der Waals surface area contributed by atoms with Gasteiger partial charge in [0.05, 0.1) is 11.1 Å². The van der Waals surface area contributed by atoms with Crippen LogP contribution in [0, 0.1) is 0 Å². The summed E-state index contributed by atoms with van der Waals surface area (Å²) in [6.45, 7) is 5.99. The van der Waals surface area contributed by atoms with E-state index in [9.17, 15) is 0 Å². The van der Waals surface area contributed by atoms with Gasteiger partial charge in [-0.25, -0.2) is 0 Å². The molecular formula is C14H17ClN2O2. The van der Waals surface area contributed by atoms with E-state index in [1.807, 2.05) is 26.0 Å². The predicted octanol–water partition coefficient (Wildman–Crippen LogP) is 4.13. The quantitative estimate of drug-likeness (QED) is 0.826. The third kappa shape index (κ3) is 3.47. The summed E-state index contributed by atoms with van der Waals surface area (Å²) in [5.41, 5.74) is 0.826. The molecule has 0 bridgehead atoms. The van der Waals surface area contributed by atoms with Crippen molar-refractivity contribution in [3.63, 3.8) is 0 Å². The van der Waals surface area contributed by atoms with Gasteiger partial charge in [0.1, 0.15) is 5.75 Å². The van der Waals surface area contributed by atoms with Gasteiger partial charge in [-0.2, -0.15) is 4.98 Å². The Morgan fingerprint density at radius 1 is 1.37 bits per heavy atom. The van der Waals surface area contributed by atoms with Crippen molar-refractivity contribution in [1.29, 1.82) is 0 Å². The Labute approximate surface area is 117 Å². The molecule has 0 N–H and O–H groups in total. The van der Waals surface area contributed by atoms with E-state index in [0.29, 0.717) is 22.5 Å². The summed E-state index contributed by atoms with van der Waals surface area (Å²) < 4.78 is 10.7. The van der Waals surface area contributed by atoms with Crippen molar-refractivity contribution in [2.24, 2.45) is 0 Å². The highest BCUT2D eigenvalue weighted by Gasteiger charge is 2.11. The molecule has 0 fully saturated rings. The Morgan fingerprint density at radius 3 is 2.79 bits per heavy atom. The Hall–Kier alpha value is -1.55. The molecule has 0 saturated carbocycles. The van der Waals surface area contributed by atoms with Gasteiger partial charge < -0.3 is 9.26 Å². The summed E-state index contributed by atoms with van der Waals surface area (Å²) in [6.07, 6.45) is 1.85. The van der Waals surface area contributed by atoms with Crippen LogP contribution >= 0.6 is 11.6 Å². The molecule has 0 radical (unpaired) electrons. The van der Waals surface area contributed by atoms with Gasteiger partial charge in [0, 0.05) is 12.0 Å². The molecule has 0 unspecified atom stereocenters. The first-order valence-electron chi connectivity index (χ1n) is 6.39. The maximum atomic E-state index is 6.18. The second-order valence-electron chi connectivity index (χ2n) is 4.57. The van der Waals surface area contributed by atoms with E-state index >= 15 is 0 Å². The molecule has 2 rings (SSSR count). The predicted molar refractivity (Wildman–Crippen MR) is 74.5 cm³/mol. The van der Waals surface area contributed by atoms with Crippen LogP contribution in [-0.4, -0.2) is 16.2 Å². The number of benzene rings is 1. The lowest BCUT2D eigenvalue weighted by molar-refractivity contribution is 0.242. The molecule has 4 nitrogen and oxygen atoms in total. The van der Waals surface area contributed by atoms with E-state index < -0.39 is 0 Å². The summed E-state index contributed by atoms with van der Waals surface area (Å²) in [7, 11) is 0. The fraction of sp³-hybridized carbons (Fsp3) is 0.429. The normalized spacial score (nSPS) is 11.0. The zero-order chi connectivity index (χ0) is 13.8. The summed E-state index contributed by atoms with van der Waals surface area (Å²) in [5, 5.41) is 4.50. The van der Waals surface area contributed by atoms with Crippen molar-refractivity contribution < 1.29 is 9.26 Å². The minimum absolute atomic E-state index is 0.0877. The molecule has 0 amide bonds. The van der Waals surface area contributed by atoms with Crippen molar-refractivity contribution in [2.45, 2.75) is 39.7 Å². The number of rotatable bonds is 5. The van der Waals surface area contributed by atoms with Crippen LogP contribution in [0.4, 0.5) is 0 Å². The summed E-state index contributed by atoms with van der Waals surface area (Å²) in [4.78, 5) is 4.32. The first-order chi connectivity index (χ1) is 9.10. The number of halogens is 1. The van der Waals surface area contributed by atoms with Gasteiger partial charge in [0.2, 0.25) is 11.7 Å². The second kappa shape index (κ2) is 6.06. The van der Waals surface area contributed by atoms with E-state index in [1.165, 1.54) is 0 Å². The molecular weight excluding hydrogens is 264 g/mol. The molecule has 1 heterocycles. The van der Waals surface area contributed by atoms with Gasteiger partial charge in [-0.15, -0.1) is 0 Å². The van der Waals surface area contributed by atoms with Crippen molar-refractivity contribution >= 4 is 11.6 Å². The summed E-state index contributed by atoms with van der Waals surface area (Å²) in [6, 6.07) is 5.50. The lowest BCUT2D eigenvalue weighted by Gasteiger charge is -2.11. The van der Waals surface area contributed by atoms with Crippen LogP contribution < -0.4 is 4.74 Å². The van der Waals surface area contributed by atoms with Crippen LogP contribution in [0.25, 0.3) is 11.4 Å². The maximum absolute atomic E-state index is 6.18. The largest absolute Gasteiger partial charge is 0.489 e. The topological polar surface area (TPSA) is 48.2 Å². The molecule has 0 spiro atoms. The molecule has 19 heavy (non-hydrogen) atoms. The van der Waals surface area contributed by atoms with Crippen LogP contribution in [0.1, 0.15) is 33.1 Å². The lowest BCUT2D eigenvalue weighted by Crippen LogP contribution is -2.05. The molecule has 0 atom stereocenters. The zero-order valence-corrected chi connectivity index (χ0v) is 12.1. The SMILES string of the molecule is CCCc1nc(-c2ccc(OC(C)C)c(Cl)c2)no1.